The molecule has 5 heteroatoms. The van der Waals surface area contributed by atoms with Crippen molar-refractivity contribution in [2.75, 3.05) is 47.0 Å². The fraction of sp³-hybridized carbons (Fsp3) is 0.944. The normalized spacial score (nSPS) is 20.9. The van der Waals surface area contributed by atoms with Crippen molar-refractivity contribution in [1.29, 1.82) is 0 Å². The lowest BCUT2D eigenvalue weighted by Gasteiger charge is -2.26. The maximum absolute atomic E-state index is 5.90. The van der Waals surface area contributed by atoms with E-state index in [4.69, 9.17) is 9.47 Å². The Morgan fingerprint density at radius 3 is 2.65 bits per heavy atom. The molecule has 5 nitrogen and oxygen atoms in total. The summed E-state index contributed by atoms with van der Waals surface area (Å²) in [6, 6.07) is 0. The Morgan fingerprint density at radius 2 is 1.96 bits per heavy atom. The SMILES string of the molecule is CN=C(NCCCOC1CCCC1)N(C)CCC1CCOCC1. The van der Waals surface area contributed by atoms with E-state index in [0.29, 0.717) is 6.10 Å². The molecule has 0 radical (unpaired) electrons. The highest BCUT2D eigenvalue weighted by Gasteiger charge is 2.16. The van der Waals surface area contributed by atoms with Gasteiger partial charge in [-0.25, -0.2) is 0 Å². The first-order chi connectivity index (χ1) is 11.3. The third kappa shape index (κ3) is 7.08. The van der Waals surface area contributed by atoms with Crippen LogP contribution in [-0.2, 0) is 9.47 Å². The standard InChI is InChI=1S/C18H35N3O2/c1-19-18(20-11-5-13-23-17-6-3-4-7-17)21(2)12-8-16-9-14-22-15-10-16/h16-17H,3-15H2,1-2H3,(H,19,20). The lowest BCUT2D eigenvalue weighted by Crippen LogP contribution is -2.40. The molecule has 1 saturated carbocycles. The quantitative estimate of drug-likeness (QED) is 0.423. The average molecular weight is 325 g/mol. The van der Waals surface area contributed by atoms with Crippen molar-refractivity contribution >= 4 is 5.96 Å². The fourth-order valence-corrected chi connectivity index (χ4v) is 3.48. The highest BCUT2D eigenvalue weighted by atomic mass is 16.5. The summed E-state index contributed by atoms with van der Waals surface area (Å²) < 4.78 is 11.3. The monoisotopic (exact) mass is 325 g/mol. The molecule has 1 aliphatic heterocycles. The van der Waals surface area contributed by atoms with Crippen LogP contribution < -0.4 is 5.32 Å². The summed E-state index contributed by atoms with van der Waals surface area (Å²) in [4.78, 5) is 6.64. The molecule has 0 amide bonds. The van der Waals surface area contributed by atoms with Gasteiger partial charge < -0.3 is 19.7 Å². The van der Waals surface area contributed by atoms with E-state index in [1.54, 1.807) is 0 Å². The molecule has 2 fully saturated rings. The number of hydrogen-bond donors (Lipinski definition) is 1. The van der Waals surface area contributed by atoms with Gasteiger partial charge in [-0.05, 0) is 44.4 Å². The molecule has 134 valence electrons. The molecule has 0 spiro atoms. The minimum absolute atomic E-state index is 0.524. The van der Waals surface area contributed by atoms with E-state index in [9.17, 15) is 0 Å². The van der Waals surface area contributed by atoms with Gasteiger partial charge in [0.05, 0.1) is 6.10 Å². The molecule has 0 atom stereocenters. The number of guanidine groups is 1. The summed E-state index contributed by atoms with van der Waals surface area (Å²) in [5, 5.41) is 3.45. The minimum Gasteiger partial charge on any atom is -0.381 e. The van der Waals surface area contributed by atoms with Crippen LogP contribution in [0.2, 0.25) is 0 Å². The summed E-state index contributed by atoms with van der Waals surface area (Å²) in [7, 11) is 3.99. The summed E-state index contributed by atoms with van der Waals surface area (Å²) in [5.74, 6) is 1.81. The second kappa shape index (κ2) is 10.9. The molecular weight excluding hydrogens is 290 g/mol. The maximum Gasteiger partial charge on any atom is 0.193 e. The molecule has 1 saturated heterocycles. The van der Waals surface area contributed by atoms with Crippen LogP contribution in [0.4, 0.5) is 0 Å². The summed E-state index contributed by atoms with van der Waals surface area (Å²) in [6.45, 7) is 4.72. The Balaban J connectivity index is 1.54. The van der Waals surface area contributed by atoms with Crippen LogP contribution in [0.1, 0.15) is 51.4 Å². The first kappa shape index (κ1) is 18.5. The Hall–Kier alpha value is -0.810. The van der Waals surface area contributed by atoms with Crippen molar-refractivity contribution in [3.63, 3.8) is 0 Å². The minimum atomic E-state index is 0.524. The van der Waals surface area contributed by atoms with Crippen LogP contribution in [-0.4, -0.2) is 64.0 Å². The molecule has 0 aromatic heterocycles. The van der Waals surface area contributed by atoms with Gasteiger partial charge in [-0.1, -0.05) is 12.8 Å². The lowest BCUT2D eigenvalue weighted by atomic mass is 9.96. The Bertz CT molecular complexity index is 337. The van der Waals surface area contributed by atoms with Crippen molar-refractivity contribution in [3.8, 4) is 0 Å². The van der Waals surface area contributed by atoms with Crippen LogP contribution >= 0.6 is 0 Å². The van der Waals surface area contributed by atoms with Crippen molar-refractivity contribution < 1.29 is 9.47 Å². The predicted octanol–water partition coefficient (Wildman–Crippen LogP) is 2.66. The second-order valence-electron chi connectivity index (χ2n) is 6.87. The molecule has 0 unspecified atom stereocenters. The Kier molecular flexibility index (Phi) is 8.76. The van der Waals surface area contributed by atoms with Gasteiger partial charge in [0.1, 0.15) is 0 Å². The highest BCUT2D eigenvalue weighted by Crippen LogP contribution is 2.21. The first-order valence-electron chi connectivity index (χ1n) is 9.40. The zero-order chi connectivity index (χ0) is 16.3. The van der Waals surface area contributed by atoms with Crippen LogP contribution in [0.25, 0.3) is 0 Å². The van der Waals surface area contributed by atoms with Gasteiger partial charge in [0, 0.05) is 47.0 Å². The van der Waals surface area contributed by atoms with Crippen molar-refractivity contribution in [1.82, 2.24) is 10.2 Å². The van der Waals surface area contributed by atoms with Gasteiger partial charge in [0.2, 0.25) is 0 Å². The van der Waals surface area contributed by atoms with Gasteiger partial charge in [0.15, 0.2) is 5.96 Å². The number of rotatable bonds is 8. The molecule has 0 aromatic carbocycles. The zero-order valence-electron chi connectivity index (χ0n) is 15.1. The van der Waals surface area contributed by atoms with E-state index in [-0.39, 0.29) is 0 Å². The number of nitrogens with one attached hydrogen (secondary N) is 1. The van der Waals surface area contributed by atoms with Crippen molar-refractivity contribution in [2.24, 2.45) is 10.9 Å². The molecule has 0 aromatic rings. The number of nitrogens with zero attached hydrogens (tertiary/aromatic N) is 2. The van der Waals surface area contributed by atoms with Crippen LogP contribution in [0.3, 0.4) is 0 Å². The van der Waals surface area contributed by atoms with Crippen LogP contribution in [0, 0.1) is 5.92 Å². The molecule has 1 N–H and O–H groups in total. The summed E-state index contributed by atoms with van der Waals surface area (Å²) in [6.07, 6.45) is 10.4. The van der Waals surface area contributed by atoms with Gasteiger partial charge in [0.25, 0.3) is 0 Å². The number of ether oxygens (including phenoxy) is 2. The summed E-state index contributed by atoms with van der Waals surface area (Å²) in [5.41, 5.74) is 0. The van der Waals surface area contributed by atoms with Gasteiger partial charge in [-0.2, -0.15) is 0 Å². The Labute approximate surface area is 141 Å². The molecule has 2 rings (SSSR count). The maximum atomic E-state index is 5.90. The van der Waals surface area contributed by atoms with Crippen LogP contribution in [0.15, 0.2) is 4.99 Å². The van der Waals surface area contributed by atoms with E-state index in [1.807, 2.05) is 7.05 Å². The molecular formula is C18H35N3O2. The smallest absolute Gasteiger partial charge is 0.193 e. The summed E-state index contributed by atoms with van der Waals surface area (Å²) >= 11 is 0. The number of aliphatic imine (C=N–C) groups is 1. The molecule has 1 heterocycles. The van der Waals surface area contributed by atoms with E-state index in [1.165, 1.54) is 44.9 Å². The molecule has 23 heavy (non-hydrogen) atoms. The largest absolute Gasteiger partial charge is 0.381 e. The molecule has 0 bridgehead atoms. The third-order valence-electron chi connectivity index (χ3n) is 5.05. The van der Waals surface area contributed by atoms with Crippen LogP contribution in [0.5, 0.6) is 0 Å². The average Bonchev–Trinajstić information content (AvgIpc) is 3.10. The van der Waals surface area contributed by atoms with Gasteiger partial charge >= 0.3 is 0 Å². The number of hydrogen-bond acceptors (Lipinski definition) is 3. The molecule has 1 aliphatic carbocycles. The van der Waals surface area contributed by atoms with E-state index in [0.717, 1.165) is 51.2 Å². The predicted molar refractivity (Wildman–Crippen MR) is 95.0 cm³/mol. The Morgan fingerprint density at radius 1 is 1.22 bits per heavy atom. The zero-order valence-corrected chi connectivity index (χ0v) is 15.1. The van der Waals surface area contributed by atoms with Gasteiger partial charge in [-0.15, -0.1) is 0 Å². The molecule has 2 aliphatic rings. The van der Waals surface area contributed by atoms with Gasteiger partial charge in [-0.3, -0.25) is 4.99 Å². The third-order valence-corrected chi connectivity index (χ3v) is 5.05. The highest BCUT2D eigenvalue weighted by molar-refractivity contribution is 5.79. The van der Waals surface area contributed by atoms with E-state index >= 15 is 0 Å². The topological polar surface area (TPSA) is 46.1 Å². The first-order valence-corrected chi connectivity index (χ1v) is 9.40. The van der Waals surface area contributed by atoms with Crippen molar-refractivity contribution in [2.45, 2.75) is 57.5 Å². The fourth-order valence-electron chi connectivity index (χ4n) is 3.48. The van der Waals surface area contributed by atoms with E-state index in [2.05, 4.69) is 22.3 Å². The van der Waals surface area contributed by atoms with E-state index < -0.39 is 0 Å². The van der Waals surface area contributed by atoms with Crippen molar-refractivity contribution in [3.05, 3.63) is 0 Å². The lowest BCUT2D eigenvalue weighted by molar-refractivity contribution is 0.0573. The second-order valence-corrected chi connectivity index (χ2v) is 6.87.